The zero-order valence-electron chi connectivity index (χ0n) is 10.9. The van der Waals surface area contributed by atoms with Gasteiger partial charge in [-0.05, 0) is 25.5 Å². The van der Waals surface area contributed by atoms with Crippen LogP contribution < -0.4 is 0 Å². The summed E-state index contributed by atoms with van der Waals surface area (Å²) in [6, 6.07) is 3.11. The van der Waals surface area contributed by atoms with Crippen LogP contribution in [0.25, 0.3) is 11.2 Å². The highest BCUT2D eigenvalue weighted by atomic mass is 35.5. The molecule has 106 valence electrons. The first-order chi connectivity index (χ1) is 9.56. The molecule has 3 heterocycles. The second kappa shape index (κ2) is 5.03. The molecule has 0 saturated carbocycles. The third kappa shape index (κ3) is 2.25. The lowest BCUT2D eigenvalue weighted by molar-refractivity contribution is -0.0590. The Kier molecular flexibility index (Phi) is 3.35. The lowest BCUT2D eigenvalue weighted by Crippen LogP contribution is -2.32. The number of hydrogen-bond donors (Lipinski definition) is 1. The van der Waals surface area contributed by atoms with E-state index in [-0.39, 0.29) is 17.2 Å². The number of aromatic nitrogens is 3. The molecule has 1 aliphatic heterocycles. The highest BCUT2D eigenvalue weighted by molar-refractivity contribution is 6.20. The molecule has 1 saturated heterocycles. The van der Waals surface area contributed by atoms with Crippen molar-refractivity contribution in [1.82, 2.24) is 14.5 Å². The summed E-state index contributed by atoms with van der Waals surface area (Å²) in [6.45, 7) is 3.19. The van der Waals surface area contributed by atoms with Crippen LogP contribution in [-0.4, -0.2) is 38.3 Å². The highest BCUT2D eigenvalue weighted by Gasteiger charge is 2.24. The summed E-state index contributed by atoms with van der Waals surface area (Å²) >= 11 is 6.16. The molecule has 1 unspecified atom stereocenters. The molecule has 6 nitrogen and oxygen atoms in total. The number of hydrogen-bond acceptors (Lipinski definition) is 4. The molecule has 7 heteroatoms. The van der Waals surface area contributed by atoms with Crippen molar-refractivity contribution in [3.63, 3.8) is 0 Å². The van der Waals surface area contributed by atoms with Gasteiger partial charge in [-0.2, -0.15) is 0 Å². The molecule has 20 heavy (non-hydrogen) atoms. The van der Waals surface area contributed by atoms with Crippen molar-refractivity contribution in [2.75, 3.05) is 6.61 Å². The smallest absolute Gasteiger partial charge is 0.354 e. The van der Waals surface area contributed by atoms with Gasteiger partial charge >= 0.3 is 5.97 Å². The summed E-state index contributed by atoms with van der Waals surface area (Å²) < 4.78 is 7.29. The van der Waals surface area contributed by atoms with Crippen LogP contribution >= 0.6 is 11.6 Å². The third-order valence-electron chi connectivity index (χ3n) is 3.38. The fraction of sp³-hybridized carbons (Fsp3) is 0.462. The van der Waals surface area contributed by atoms with Crippen LogP contribution in [0.4, 0.5) is 0 Å². The molecule has 2 atom stereocenters. The number of rotatable bonds is 4. The van der Waals surface area contributed by atoms with E-state index in [1.165, 1.54) is 6.07 Å². The summed E-state index contributed by atoms with van der Waals surface area (Å²) in [6.07, 6.45) is 1.10. The number of nitrogens with zero attached hydrogens (tertiary/aromatic N) is 3. The fourth-order valence-electron chi connectivity index (χ4n) is 2.25. The number of halogens is 1. The van der Waals surface area contributed by atoms with Crippen molar-refractivity contribution < 1.29 is 14.6 Å². The largest absolute Gasteiger partial charge is 0.477 e. The lowest BCUT2D eigenvalue weighted by atomic mass is 10.2. The molecule has 0 radical (unpaired) electrons. The van der Waals surface area contributed by atoms with Crippen LogP contribution in [0, 0.1) is 0 Å². The number of alkyl halides is 1. The number of fused-ring (bicyclic) bond motifs is 1. The first kappa shape index (κ1) is 13.3. The average Bonchev–Trinajstić information content (AvgIpc) is 2.71. The minimum absolute atomic E-state index is 0.00181. The third-order valence-corrected chi connectivity index (χ3v) is 3.57. The highest BCUT2D eigenvalue weighted by Crippen LogP contribution is 2.26. The number of ether oxygens (including phenoxy) is 1. The van der Waals surface area contributed by atoms with Gasteiger partial charge in [0.05, 0.1) is 18.0 Å². The van der Waals surface area contributed by atoms with Crippen molar-refractivity contribution >= 4 is 28.7 Å². The molecule has 0 aliphatic carbocycles. The van der Waals surface area contributed by atoms with Crippen LogP contribution in [0.5, 0.6) is 0 Å². The van der Waals surface area contributed by atoms with E-state index >= 15 is 0 Å². The van der Waals surface area contributed by atoms with Crippen LogP contribution in [0.15, 0.2) is 12.1 Å². The lowest BCUT2D eigenvalue weighted by Gasteiger charge is -2.27. The fourth-order valence-corrected chi connectivity index (χ4v) is 2.42. The van der Waals surface area contributed by atoms with Gasteiger partial charge in [-0.25, -0.2) is 14.8 Å². The number of carboxylic acids is 1. The second-order valence-electron chi connectivity index (χ2n) is 4.82. The van der Waals surface area contributed by atoms with Crippen LogP contribution in [-0.2, 0) is 11.3 Å². The normalized spacial score (nSPS) is 19.8. The monoisotopic (exact) mass is 295 g/mol. The van der Waals surface area contributed by atoms with Crippen molar-refractivity contribution in [3.8, 4) is 0 Å². The topological polar surface area (TPSA) is 77.2 Å². The molecule has 2 aromatic rings. The molecule has 1 fully saturated rings. The molecule has 1 aliphatic rings. The zero-order chi connectivity index (χ0) is 14.3. The minimum atomic E-state index is -1.06. The molecular weight excluding hydrogens is 282 g/mol. The Morgan fingerprint density at radius 1 is 1.60 bits per heavy atom. The van der Waals surface area contributed by atoms with E-state index in [0.29, 0.717) is 23.5 Å². The van der Waals surface area contributed by atoms with E-state index in [9.17, 15) is 4.79 Å². The van der Waals surface area contributed by atoms with Crippen molar-refractivity contribution in [2.24, 2.45) is 0 Å². The Bertz CT molecular complexity index is 664. The van der Waals surface area contributed by atoms with E-state index in [4.69, 9.17) is 21.4 Å². The van der Waals surface area contributed by atoms with Crippen LogP contribution in [0.3, 0.4) is 0 Å². The van der Waals surface area contributed by atoms with Crippen molar-refractivity contribution in [3.05, 3.63) is 23.7 Å². The van der Waals surface area contributed by atoms with Gasteiger partial charge in [-0.15, -0.1) is 11.6 Å². The second-order valence-corrected chi connectivity index (χ2v) is 5.48. The molecule has 0 spiro atoms. The quantitative estimate of drug-likeness (QED) is 0.875. The van der Waals surface area contributed by atoms with Crippen LogP contribution in [0.1, 0.15) is 35.0 Å². The first-order valence-electron chi connectivity index (χ1n) is 6.42. The van der Waals surface area contributed by atoms with Gasteiger partial charge in [0, 0.05) is 6.61 Å². The summed E-state index contributed by atoms with van der Waals surface area (Å²) in [5, 5.41) is 8.77. The number of aromatic carboxylic acids is 1. The van der Waals surface area contributed by atoms with Crippen molar-refractivity contribution in [2.45, 2.75) is 31.4 Å². The molecule has 0 aromatic carbocycles. The van der Waals surface area contributed by atoms with Crippen LogP contribution in [0.2, 0.25) is 0 Å². The predicted molar refractivity (Wildman–Crippen MR) is 73.1 cm³/mol. The first-order valence-corrected chi connectivity index (χ1v) is 6.86. The van der Waals surface area contributed by atoms with Crippen molar-refractivity contribution in [1.29, 1.82) is 0 Å². The Morgan fingerprint density at radius 2 is 2.35 bits per heavy atom. The van der Waals surface area contributed by atoms with E-state index in [2.05, 4.69) is 9.97 Å². The summed E-state index contributed by atoms with van der Waals surface area (Å²) in [4.78, 5) is 19.7. The van der Waals surface area contributed by atoms with Gasteiger partial charge in [0.1, 0.15) is 11.3 Å². The molecular formula is C13H14ClN3O3. The Labute approximate surface area is 120 Å². The molecule has 1 N–H and O–H groups in total. The predicted octanol–water partition coefficient (Wildman–Crippen LogP) is 2.22. The minimum Gasteiger partial charge on any atom is -0.477 e. The number of imidazole rings is 1. The number of carboxylic acid groups (broad SMARTS) is 1. The zero-order valence-corrected chi connectivity index (χ0v) is 11.7. The van der Waals surface area contributed by atoms with E-state index in [1.54, 1.807) is 6.07 Å². The van der Waals surface area contributed by atoms with E-state index in [0.717, 1.165) is 13.0 Å². The summed E-state index contributed by atoms with van der Waals surface area (Å²) in [5.74, 6) is -0.368. The van der Waals surface area contributed by atoms with Gasteiger partial charge in [0.15, 0.2) is 11.3 Å². The number of pyridine rings is 1. The maximum atomic E-state index is 11.0. The van der Waals surface area contributed by atoms with E-state index in [1.807, 2.05) is 11.5 Å². The molecule has 3 rings (SSSR count). The average molecular weight is 296 g/mol. The standard InChI is InChI=1S/C13H14ClN3O3/c1-7(14)11-15-9-2-3-10(13(18)19)16-12(9)17(11)6-8-4-5-20-8/h2-3,7-8H,4-6H2,1H3,(H,18,19)/t7-,8?/m0/s1. The Hall–Kier alpha value is -1.66. The van der Waals surface area contributed by atoms with Gasteiger partial charge in [0.2, 0.25) is 0 Å². The van der Waals surface area contributed by atoms with E-state index < -0.39 is 5.97 Å². The number of carbonyl (C=O) groups is 1. The molecule has 0 amide bonds. The maximum Gasteiger partial charge on any atom is 0.354 e. The maximum absolute atomic E-state index is 11.0. The Balaban J connectivity index is 2.11. The summed E-state index contributed by atoms with van der Waals surface area (Å²) in [5.41, 5.74) is 1.20. The SMILES string of the molecule is C[C@H](Cl)c1nc2ccc(C(=O)O)nc2n1CC1CCO1. The van der Waals surface area contributed by atoms with Gasteiger partial charge in [-0.3, -0.25) is 0 Å². The van der Waals surface area contributed by atoms with Gasteiger partial charge < -0.3 is 14.4 Å². The van der Waals surface area contributed by atoms with Gasteiger partial charge in [0.25, 0.3) is 0 Å². The molecule has 0 bridgehead atoms. The Morgan fingerprint density at radius 3 is 2.90 bits per heavy atom. The molecule has 2 aromatic heterocycles. The summed E-state index contributed by atoms with van der Waals surface area (Å²) in [7, 11) is 0. The van der Waals surface area contributed by atoms with Gasteiger partial charge in [-0.1, -0.05) is 0 Å².